The molecule has 2 aliphatic rings. The van der Waals surface area contributed by atoms with Gasteiger partial charge in [0.1, 0.15) is 0 Å². The van der Waals surface area contributed by atoms with Crippen LogP contribution < -0.4 is 5.73 Å². The zero-order valence-corrected chi connectivity index (χ0v) is 11.3. The van der Waals surface area contributed by atoms with E-state index in [0.717, 1.165) is 32.0 Å². The number of hydrogen-bond acceptors (Lipinski definition) is 4. The second-order valence-electron chi connectivity index (χ2n) is 5.48. The summed E-state index contributed by atoms with van der Waals surface area (Å²) in [5, 5.41) is 0. The third kappa shape index (κ3) is 3.43. The molecule has 5 heteroatoms. The first-order valence-corrected chi connectivity index (χ1v) is 7.00. The Bertz CT molecular complexity index is 279. The first kappa shape index (κ1) is 13.8. The zero-order chi connectivity index (χ0) is 13.0. The molecule has 0 aromatic rings. The predicted molar refractivity (Wildman–Crippen MR) is 70.2 cm³/mol. The Labute approximate surface area is 109 Å². The highest BCUT2D eigenvalue weighted by Gasteiger charge is 2.28. The Balaban J connectivity index is 1.85. The average Bonchev–Trinajstić information content (AvgIpc) is 2.41. The van der Waals surface area contributed by atoms with E-state index in [-0.39, 0.29) is 5.91 Å². The molecule has 2 N–H and O–H groups in total. The molecular weight excluding hydrogens is 230 g/mol. The van der Waals surface area contributed by atoms with Crippen LogP contribution in [0.4, 0.5) is 0 Å². The topological polar surface area (TPSA) is 58.8 Å². The van der Waals surface area contributed by atoms with Gasteiger partial charge >= 0.3 is 0 Å². The van der Waals surface area contributed by atoms with Crippen LogP contribution in [0.5, 0.6) is 0 Å². The predicted octanol–water partition coefficient (Wildman–Crippen LogP) is -0.0956. The van der Waals surface area contributed by atoms with Gasteiger partial charge in [-0.15, -0.1) is 0 Å². The molecule has 2 aliphatic heterocycles. The van der Waals surface area contributed by atoms with Gasteiger partial charge in [-0.25, -0.2) is 0 Å². The highest BCUT2D eigenvalue weighted by molar-refractivity contribution is 5.78. The van der Waals surface area contributed by atoms with Gasteiger partial charge < -0.3 is 15.4 Å². The summed E-state index contributed by atoms with van der Waals surface area (Å²) >= 11 is 0. The van der Waals surface area contributed by atoms with Gasteiger partial charge in [-0.2, -0.15) is 0 Å². The summed E-state index contributed by atoms with van der Waals surface area (Å²) < 4.78 is 5.27. The van der Waals surface area contributed by atoms with Crippen LogP contribution in [-0.2, 0) is 9.53 Å². The van der Waals surface area contributed by atoms with Gasteiger partial charge in [0.15, 0.2) is 0 Å². The zero-order valence-electron chi connectivity index (χ0n) is 11.3. The van der Waals surface area contributed by atoms with E-state index in [4.69, 9.17) is 10.5 Å². The maximum atomic E-state index is 12.2. The Hall–Kier alpha value is -0.650. The fraction of sp³-hybridized carbons (Fsp3) is 0.923. The quantitative estimate of drug-likeness (QED) is 0.765. The van der Waals surface area contributed by atoms with Crippen LogP contribution in [0.1, 0.15) is 19.8 Å². The molecule has 0 aromatic carbocycles. The van der Waals surface area contributed by atoms with Crippen LogP contribution in [0.15, 0.2) is 0 Å². The van der Waals surface area contributed by atoms with Crippen molar-refractivity contribution in [2.45, 2.75) is 25.8 Å². The van der Waals surface area contributed by atoms with E-state index < -0.39 is 0 Å². The van der Waals surface area contributed by atoms with E-state index in [1.165, 1.54) is 6.42 Å². The van der Waals surface area contributed by atoms with Crippen molar-refractivity contribution in [3.63, 3.8) is 0 Å². The molecule has 2 rings (SSSR count). The van der Waals surface area contributed by atoms with E-state index in [1.54, 1.807) is 0 Å². The molecule has 0 radical (unpaired) electrons. The molecule has 2 saturated heterocycles. The number of carbonyl (C=O) groups excluding carboxylic acids is 1. The highest BCUT2D eigenvalue weighted by Crippen LogP contribution is 2.21. The second kappa shape index (κ2) is 6.50. The lowest BCUT2D eigenvalue weighted by atomic mass is 9.92. The number of hydrogen-bond donors (Lipinski definition) is 1. The number of nitrogens with two attached hydrogens (primary N) is 1. The van der Waals surface area contributed by atoms with Gasteiger partial charge in [0.2, 0.25) is 5.91 Å². The molecule has 18 heavy (non-hydrogen) atoms. The summed E-state index contributed by atoms with van der Waals surface area (Å²) in [5.41, 5.74) is 5.82. The minimum Gasteiger partial charge on any atom is -0.378 e. The summed E-state index contributed by atoms with van der Waals surface area (Å²) in [6.07, 6.45) is 2.29. The molecule has 0 saturated carbocycles. The van der Waals surface area contributed by atoms with Crippen LogP contribution in [0.25, 0.3) is 0 Å². The lowest BCUT2D eigenvalue weighted by Gasteiger charge is -2.38. The molecule has 0 aliphatic carbocycles. The van der Waals surface area contributed by atoms with Crippen molar-refractivity contribution in [3.8, 4) is 0 Å². The van der Waals surface area contributed by atoms with Gasteiger partial charge in [-0.1, -0.05) is 6.92 Å². The van der Waals surface area contributed by atoms with Crippen LogP contribution in [0.3, 0.4) is 0 Å². The molecule has 0 bridgehead atoms. The van der Waals surface area contributed by atoms with Crippen molar-refractivity contribution in [1.82, 2.24) is 9.80 Å². The molecule has 104 valence electrons. The largest absolute Gasteiger partial charge is 0.378 e. The molecular formula is C13H25N3O2. The van der Waals surface area contributed by atoms with E-state index in [2.05, 4.69) is 11.8 Å². The van der Waals surface area contributed by atoms with Gasteiger partial charge in [0.25, 0.3) is 0 Å². The number of carbonyl (C=O) groups is 1. The molecule has 1 amide bonds. The van der Waals surface area contributed by atoms with Crippen LogP contribution in [-0.4, -0.2) is 67.7 Å². The second-order valence-corrected chi connectivity index (χ2v) is 5.48. The third-order valence-electron chi connectivity index (χ3n) is 4.07. The van der Waals surface area contributed by atoms with Crippen LogP contribution in [0, 0.1) is 5.92 Å². The molecule has 2 heterocycles. The maximum Gasteiger partial charge on any atom is 0.236 e. The fourth-order valence-corrected chi connectivity index (χ4v) is 2.84. The van der Waals surface area contributed by atoms with E-state index in [9.17, 15) is 4.79 Å². The van der Waals surface area contributed by atoms with Crippen molar-refractivity contribution in [2.24, 2.45) is 11.7 Å². The number of piperidine rings is 1. The lowest BCUT2D eigenvalue weighted by Crippen LogP contribution is -2.52. The summed E-state index contributed by atoms with van der Waals surface area (Å²) in [6.45, 7) is 7.25. The maximum absolute atomic E-state index is 12.2. The first-order chi connectivity index (χ1) is 8.70. The first-order valence-electron chi connectivity index (χ1n) is 7.00. The molecule has 0 aromatic heterocycles. The monoisotopic (exact) mass is 255 g/mol. The molecule has 2 atom stereocenters. The van der Waals surface area contributed by atoms with Gasteiger partial charge in [-0.05, 0) is 25.3 Å². The van der Waals surface area contributed by atoms with E-state index in [1.807, 2.05) is 4.90 Å². The van der Waals surface area contributed by atoms with Crippen LogP contribution >= 0.6 is 0 Å². The Morgan fingerprint density at radius 1 is 1.33 bits per heavy atom. The third-order valence-corrected chi connectivity index (χ3v) is 4.07. The summed E-state index contributed by atoms with van der Waals surface area (Å²) in [5.74, 6) is 0.958. The minimum absolute atomic E-state index is 0.228. The highest BCUT2D eigenvalue weighted by atomic mass is 16.5. The fourth-order valence-electron chi connectivity index (χ4n) is 2.84. The number of morpholine rings is 1. The molecule has 2 unspecified atom stereocenters. The Morgan fingerprint density at radius 2 is 2.06 bits per heavy atom. The summed E-state index contributed by atoms with van der Waals surface area (Å²) in [4.78, 5) is 16.4. The van der Waals surface area contributed by atoms with Crippen molar-refractivity contribution in [1.29, 1.82) is 0 Å². The standard InChI is InChI=1S/C13H25N3O2/c1-11-2-3-16(12(8-11)9-14)10-13(17)15-4-6-18-7-5-15/h11-12H,2-10,14H2,1H3. The smallest absolute Gasteiger partial charge is 0.236 e. The van der Waals surface area contributed by atoms with Crippen molar-refractivity contribution in [2.75, 3.05) is 45.9 Å². The van der Waals surface area contributed by atoms with Crippen molar-refractivity contribution in [3.05, 3.63) is 0 Å². The van der Waals surface area contributed by atoms with Gasteiger partial charge in [0.05, 0.1) is 19.8 Å². The number of ether oxygens (including phenoxy) is 1. The lowest BCUT2D eigenvalue weighted by molar-refractivity contribution is -0.137. The number of amides is 1. The normalized spacial score (nSPS) is 30.4. The molecule has 0 spiro atoms. The SMILES string of the molecule is CC1CCN(CC(=O)N2CCOCC2)C(CN)C1. The summed E-state index contributed by atoms with van der Waals surface area (Å²) in [7, 11) is 0. The van der Waals surface area contributed by atoms with Gasteiger partial charge in [-0.3, -0.25) is 9.69 Å². The molecule has 2 fully saturated rings. The van der Waals surface area contributed by atoms with Crippen molar-refractivity contribution >= 4 is 5.91 Å². The number of nitrogens with zero attached hydrogens (tertiary/aromatic N) is 2. The van der Waals surface area contributed by atoms with Gasteiger partial charge in [0, 0.05) is 25.7 Å². The summed E-state index contributed by atoms with van der Waals surface area (Å²) in [6, 6.07) is 0.374. The van der Waals surface area contributed by atoms with E-state index >= 15 is 0 Å². The molecule has 5 nitrogen and oxygen atoms in total. The number of likely N-dealkylation sites (tertiary alicyclic amines) is 1. The minimum atomic E-state index is 0.228. The Kier molecular flexibility index (Phi) is 4.97. The Morgan fingerprint density at radius 3 is 2.72 bits per heavy atom. The number of rotatable bonds is 3. The van der Waals surface area contributed by atoms with E-state index in [0.29, 0.717) is 32.3 Å². The van der Waals surface area contributed by atoms with Crippen molar-refractivity contribution < 1.29 is 9.53 Å². The average molecular weight is 255 g/mol. The van der Waals surface area contributed by atoms with Crippen LogP contribution in [0.2, 0.25) is 0 Å².